The number of carbonyl (C=O) groups excluding carboxylic acids is 1. The lowest BCUT2D eigenvalue weighted by atomic mass is 10.2. The number of rotatable bonds is 8. The zero-order chi connectivity index (χ0) is 28.1. The molecule has 0 atom stereocenters. The van der Waals surface area contributed by atoms with E-state index in [0.717, 1.165) is 42.9 Å². The molecule has 40 heavy (non-hydrogen) atoms. The van der Waals surface area contributed by atoms with Crippen LogP contribution in [-0.4, -0.2) is 65.8 Å². The van der Waals surface area contributed by atoms with Crippen molar-refractivity contribution in [2.24, 2.45) is 0 Å². The summed E-state index contributed by atoms with van der Waals surface area (Å²) < 4.78 is 23.5. The Balaban J connectivity index is 1.11. The number of fused-ring (bicyclic) bond motifs is 1. The van der Waals surface area contributed by atoms with Crippen LogP contribution in [0.3, 0.4) is 0 Å². The van der Waals surface area contributed by atoms with Gasteiger partial charge in [-0.1, -0.05) is 17.7 Å². The number of aromatic nitrogens is 1. The minimum atomic E-state index is -0.472. The standard InChI is InChI=1S/C31H34ClN3O5/c1-31(2,3)40-30(36)35-17-15-34(16-18-35)14-5-19-37-25-7-4-6-22(20-25)29-33-27-13-12-26(21-28(27)39-29)38-24-10-8-23(32)9-11-24/h4,6-13,20-21H,5,14-19H2,1-3H3. The molecule has 0 radical (unpaired) electrons. The summed E-state index contributed by atoms with van der Waals surface area (Å²) in [6.07, 6.45) is 0.650. The van der Waals surface area contributed by atoms with E-state index in [4.69, 9.17) is 30.2 Å². The second-order valence-corrected chi connectivity index (χ2v) is 11.2. The van der Waals surface area contributed by atoms with E-state index in [0.29, 0.717) is 47.7 Å². The molecule has 9 heteroatoms. The fraction of sp³-hybridized carbons (Fsp3) is 0.355. The van der Waals surface area contributed by atoms with Crippen LogP contribution in [0.15, 0.2) is 71.1 Å². The van der Waals surface area contributed by atoms with Gasteiger partial charge in [-0.3, -0.25) is 4.90 Å². The number of hydrogen-bond acceptors (Lipinski definition) is 7. The van der Waals surface area contributed by atoms with Gasteiger partial charge in [0.1, 0.15) is 28.4 Å². The SMILES string of the molecule is CC(C)(C)OC(=O)N1CCN(CCCOc2cccc(-c3nc4ccc(Oc5ccc(Cl)cc5)cc4o3)c2)CC1. The van der Waals surface area contributed by atoms with E-state index in [9.17, 15) is 4.79 Å². The topological polar surface area (TPSA) is 77.3 Å². The molecule has 1 aliphatic rings. The van der Waals surface area contributed by atoms with Crippen LogP contribution in [0.2, 0.25) is 5.02 Å². The zero-order valence-corrected chi connectivity index (χ0v) is 23.8. The maximum Gasteiger partial charge on any atom is 0.410 e. The highest BCUT2D eigenvalue weighted by Crippen LogP contribution is 2.31. The molecule has 0 spiro atoms. The van der Waals surface area contributed by atoms with E-state index >= 15 is 0 Å². The number of nitrogens with zero attached hydrogens (tertiary/aromatic N) is 3. The van der Waals surface area contributed by atoms with Gasteiger partial charge in [-0.15, -0.1) is 0 Å². The zero-order valence-electron chi connectivity index (χ0n) is 23.1. The summed E-state index contributed by atoms with van der Waals surface area (Å²) in [6.45, 7) is 10.2. The van der Waals surface area contributed by atoms with Crippen LogP contribution in [-0.2, 0) is 4.74 Å². The van der Waals surface area contributed by atoms with Crippen LogP contribution in [0, 0.1) is 0 Å². The second-order valence-electron chi connectivity index (χ2n) is 10.7. The molecule has 3 aromatic carbocycles. The van der Waals surface area contributed by atoms with Crippen molar-refractivity contribution in [3.05, 3.63) is 71.8 Å². The third-order valence-electron chi connectivity index (χ3n) is 6.40. The monoisotopic (exact) mass is 563 g/mol. The van der Waals surface area contributed by atoms with Gasteiger partial charge >= 0.3 is 6.09 Å². The molecule has 0 saturated carbocycles. The summed E-state index contributed by atoms with van der Waals surface area (Å²) in [6, 6.07) is 20.5. The van der Waals surface area contributed by atoms with Gasteiger partial charge in [0.2, 0.25) is 5.89 Å². The minimum absolute atomic E-state index is 0.235. The Morgan fingerprint density at radius 3 is 2.45 bits per heavy atom. The highest BCUT2D eigenvalue weighted by Gasteiger charge is 2.25. The van der Waals surface area contributed by atoms with Crippen molar-refractivity contribution in [1.82, 2.24) is 14.8 Å². The molecular weight excluding hydrogens is 530 g/mol. The first-order valence-electron chi connectivity index (χ1n) is 13.5. The molecular formula is C31H34ClN3O5. The van der Waals surface area contributed by atoms with Gasteiger partial charge in [0, 0.05) is 49.4 Å². The number of oxazole rings is 1. The number of benzene rings is 3. The van der Waals surface area contributed by atoms with E-state index < -0.39 is 5.60 Å². The van der Waals surface area contributed by atoms with E-state index in [1.807, 2.05) is 75.4 Å². The van der Waals surface area contributed by atoms with Crippen molar-refractivity contribution in [3.63, 3.8) is 0 Å². The van der Waals surface area contributed by atoms with Crippen LogP contribution >= 0.6 is 11.6 Å². The molecule has 8 nitrogen and oxygen atoms in total. The van der Waals surface area contributed by atoms with Crippen LogP contribution in [0.5, 0.6) is 17.2 Å². The summed E-state index contributed by atoms with van der Waals surface area (Å²) in [5.41, 5.74) is 1.75. The molecule has 210 valence electrons. The fourth-order valence-electron chi connectivity index (χ4n) is 4.41. The van der Waals surface area contributed by atoms with Gasteiger partial charge < -0.3 is 23.5 Å². The maximum atomic E-state index is 12.3. The molecule has 1 fully saturated rings. The van der Waals surface area contributed by atoms with E-state index in [1.54, 1.807) is 17.0 Å². The largest absolute Gasteiger partial charge is 0.494 e. The Morgan fingerprint density at radius 1 is 0.950 bits per heavy atom. The minimum Gasteiger partial charge on any atom is -0.494 e. The Labute approximate surface area is 239 Å². The molecule has 1 amide bonds. The summed E-state index contributed by atoms with van der Waals surface area (Å²) in [5.74, 6) is 2.63. The maximum absolute atomic E-state index is 12.3. The summed E-state index contributed by atoms with van der Waals surface area (Å²) in [5, 5.41) is 0.657. The van der Waals surface area contributed by atoms with Gasteiger partial charge in [0.25, 0.3) is 0 Å². The Hall–Kier alpha value is -3.75. The number of carbonyl (C=O) groups is 1. The van der Waals surface area contributed by atoms with E-state index in [-0.39, 0.29) is 6.09 Å². The lowest BCUT2D eigenvalue weighted by molar-refractivity contribution is 0.0142. The Bertz CT molecular complexity index is 1440. The smallest absolute Gasteiger partial charge is 0.410 e. The predicted molar refractivity (Wildman–Crippen MR) is 155 cm³/mol. The predicted octanol–water partition coefficient (Wildman–Crippen LogP) is 7.26. The highest BCUT2D eigenvalue weighted by molar-refractivity contribution is 6.30. The average molecular weight is 564 g/mol. The van der Waals surface area contributed by atoms with Gasteiger partial charge in [-0.05, 0) is 81.8 Å². The summed E-state index contributed by atoms with van der Waals surface area (Å²) >= 11 is 5.96. The quantitative estimate of drug-likeness (QED) is 0.209. The van der Waals surface area contributed by atoms with Crippen LogP contribution in [0.4, 0.5) is 4.79 Å². The van der Waals surface area contributed by atoms with Gasteiger partial charge in [-0.25, -0.2) is 9.78 Å². The number of amides is 1. The highest BCUT2D eigenvalue weighted by atomic mass is 35.5. The van der Waals surface area contributed by atoms with Gasteiger partial charge in [-0.2, -0.15) is 0 Å². The third-order valence-corrected chi connectivity index (χ3v) is 6.65. The molecule has 4 aromatic rings. The first kappa shape index (κ1) is 27.8. The Morgan fingerprint density at radius 2 is 1.70 bits per heavy atom. The first-order valence-corrected chi connectivity index (χ1v) is 13.9. The van der Waals surface area contributed by atoms with Gasteiger partial charge in [0.15, 0.2) is 5.58 Å². The molecule has 5 rings (SSSR count). The second kappa shape index (κ2) is 12.2. The summed E-state index contributed by atoms with van der Waals surface area (Å²) in [4.78, 5) is 21.0. The first-order chi connectivity index (χ1) is 19.2. The van der Waals surface area contributed by atoms with Crippen LogP contribution in [0.25, 0.3) is 22.6 Å². The third kappa shape index (κ3) is 7.46. The number of halogens is 1. The lowest BCUT2D eigenvalue weighted by Gasteiger charge is -2.35. The molecule has 0 bridgehead atoms. The lowest BCUT2D eigenvalue weighted by Crippen LogP contribution is -2.50. The van der Waals surface area contributed by atoms with Crippen LogP contribution in [0.1, 0.15) is 27.2 Å². The molecule has 1 aromatic heterocycles. The average Bonchev–Trinajstić information content (AvgIpc) is 3.36. The van der Waals surface area contributed by atoms with Crippen molar-refractivity contribution in [1.29, 1.82) is 0 Å². The number of piperazine rings is 1. The summed E-state index contributed by atoms with van der Waals surface area (Å²) in [7, 11) is 0. The number of hydrogen-bond donors (Lipinski definition) is 0. The van der Waals surface area contributed by atoms with Crippen molar-refractivity contribution < 1.29 is 23.4 Å². The van der Waals surface area contributed by atoms with Crippen LogP contribution < -0.4 is 9.47 Å². The molecule has 0 N–H and O–H groups in total. The molecule has 1 saturated heterocycles. The van der Waals surface area contributed by atoms with Crippen molar-refractivity contribution in [3.8, 4) is 28.7 Å². The van der Waals surface area contributed by atoms with Gasteiger partial charge in [0.05, 0.1) is 6.61 Å². The van der Waals surface area contributed by atoms with E-state index in [1.165, 1.54) is 0 Å². The fourth-order valence-corrected chi connectivity index (χ4v) is 4.53. The number of ether oxygens (including phenoxy) is 3. The Kier molecular flexibility index (Phi) is 8.47. The normalized spacial score (nSPS) is 14.3. The molecule has 0 aliphatic carbocycles. The molecule has 2 heterocycles. The van der Waals surface area contributed by atoms with Crippen molar-refractivity contribution >= 4 is 28.8 Å². The van der Waals surface area contributed by atoms with Crippen molar-refractivity contribution in [2.75, 3.05) is 39.3 Å². The molecule has 1 aliphatic heterocycles. The van der Waals surface area contributed by atoms with E-state index in [2.05, 4.69) is 9.88 Å². The van der Waals surface area contributed by atoms with Crippen molar-refractivity contribution in [2.45, 2.75) is 32.8 Å². The molecule has 0 unspecified atom stereocenters.